The summed E-state index contributed by atoms with van der Waals surface area (Å²) in [5, 5.41) is 2.36. The van der Waals surface area contributed by atoms with Crippen molar-refractivity contribution >= 4 is 11.9 Å². The number of nitrogens with one attached hydrogen (secondary N) is 2. The second kappa shape index (κ2) is 9.08. The molecule has 0 fully saturated rings. The number of alkyl halides is 3. The Balaban J connectivity index is 2.17. The van der Waals surface area contributed by atoms with Crippen LogP contribution in [-0.4, -0.2) is 37.2 Å². The first-order valence-electron chi connectivity index (χ1n) is 8.55. The number of benzene rings is 1. The molecule has 0 aliphatic heterocycles. The van der Waals surface area contributed by atoms with Crippen molar-refractivity contribution in [2.75, 3.05) is 20.3 Å². The molecule has 0 aliphatic rings. The molecule has 2 aromatic rings. The summed E-state index contributed by atoms with van der Waals surface area (Å²) in [6, 6.07) is 2.22. The van der Waals surface area contributed by atoms with E-state index in [0.717, 1.165) is 12.1 Å². The van der Waals surface area contributed by atoms with Gasteiger partial charge in [-0.1, -0.05) is 6.07 Å². The number of carbonyl (C=O) groups excluding carboxylic acids is 2. The van der Waals surface area contributed by atoms with Gasteiger partial charge < -0.3 is 19.8 Å². The van der Waals surface area contributed by atoms with Gasteiger partial charge in [-0.3, -0.25) is 4.79 Å². The number of H-pyrrole nitrogens is 1. The lowest BCUT2D eigenvalue weighted by atomic mass is 10.1. The van der Waals surface area contributed by atoms with E-state index in [2.05, 4.69) is 10.3 Å². The number of hydrogen-bond donors (Lipinski definition) is 2. The molecule has 0 unspecified atom stereocenters. The van der Waals surface area contributed by atoms with Gasteiger partial charge in [-0.2, -0.15) is 13.2 Å². The minimum absolute atomic E-state index is 0.0249. The number of amides is 1. The first-order valence-corrected chi connectivity index (χ1v) is 8.55. The number of carbonyl (C=O) groups is 2. The Kier molecular flexibility index (Phi) is 7.02. The van der Waals surface area contributed by atoms with Gasteiger partial charge in [0.05, 0.1) is 17.7 Å². The van der Waals surface area contributed by atoms with Crippen LogP contribution in [0.4, 0.5) is 17.6 Å². The molecule has 0 aliphatic carbocycles. The summed E-state index contributed by atoms with van der Waals surface area (Å²) in [5.41, 5.74) is -0.571. The molecule has 0 atom stereocenters. The topological polar surface area (TPSA) is 80.4 Å². The number of methoxy groups -OCH3 is 1. The van der Waals surface area contributed by atoms with Crippen LogP contribution in [0.1, 0.15) is 43.2 Å². The zero-order chi connectivity index (χ0) is 21.8. The molecule has 6 nitrogen and oxygen atoms in total. The van der Waals surface area contributed by atoms with E-state index in [0.29, 0.717) is 17.3 Å². The van der Waals surface area contributed by atoms with Crippen molar-refractivity contribution in [2.45, 2.75) is 26.6 Å². The van der Waals surface area contributed by atoms with Gasteiger partial charge in [0.1, 0.15) is 18.1 Å². The maximum atomic E-state index is 13.2. The molecule has 0 saturated heterocycles. The molecule has 1 aromatic carbocycles. The van der Waals surface area contributed by atoms with Gasteiger partial charge in [0.15, 0.2) is 0 Å². The van der Waals surface area contributed by atoms with E-state index in [9.17, 15) is 27.2 Å². The quantitative estimate of drug-likeness (QED) is 0.411. The summed E-state index contributed by atoms with van der Waals surface area (Å²) in [6.07, 6.45) is -4.76. The van der Waals surface area contributed by atoms with Gasteiger partial charge in [-0.25, -0.2) is 9.18 Å². The Morgan fingerprint density at radius 1 is 1.17 bits per heavy atom. The van der Waals surface area contributed by atoms with Crippen LogP contribution in [0.5, 0.6) is 0 Å². The van der Waals surface area contributed by atoms with Crippen LogP contribution in [0.25, 0.3) is 0 Å². The number of esters is 1. The molecular formula is C19H20F4N2O4. The highest BCUT2D eigenvalue weighted by Crippen LogP contribution is 2.32. The molecule has 10 heteroatoms. The summed E-state index contributed by atoms with van der Waals surface area (Å²) < 4.78 is 62.2. The number of hydrogen-bond acceptors (Lipinski definition) is 4. The van der Waals surface area contributed by atoms with Gasteiger partial charge in [0.25, 0.3) is 5.91 Å². The van der Waals surface area contributed by atoms with E-state index in [1.165, 1.54) is 14.0 Å². The lowest BCUT2D eigenvalue weighted by Crippen LogP contribution is -2.25. The standard InChI is InChI=1S/C19H20F4N2O4/c1-10-15(18(27)29-7-6-28-3)11(2)25-16(10)17(26)24-9-12-4-5-13(20)8-14(12)19(21,22)23/h4-5,8,25H,6-7,9H2,1-3H3,(H,24,26). The van der Waals surface area contributed by atoms with Gasteiger partial charge in [-0.15, -0.1) is 0 Å². The van der Waals surface area contributed by atoms with Crippen molar-refractivity contribution in [2.24, 2.45) is 0 Å². The number of aromatic nitrogens is 1. The molecule has 1 amide bonds. The molecule has 0 saturated carbocycles. The van der Waals surface area contributed by atoms with E-state index in [4.69, 9.17) is 9.47 Å². The van der Waals surface area contributed by atoms with Crippen molar-refractivity contribution in [3.8, 4) is 0 Å². The van der Waals surface area contributed by atoms with Crippen LogP contribution in [-0.2, 0) is 22.2 Å². The van der Waals surface area contributed by atoms with Crippen LogP contribution in [0.15, 0.2) is 18.2 Å². The molecule has 2 N–H and O–H groups in total. The number of aryl methyl sites for hydroxylation is 1. The highest BCUT2D eigenvalue weighted by molar-refractivity contribution is 6.00. The molecule has 1 heterocycles. The van der Waals surface area contributed by atoms with Crippen molar-refractivity contribution in [3.63, 3.8) is 0 Å². The number of ether oxygens (including phenoxy) is 2. The fourth-order valence-corrected chi connectivity index (χ4v) is 2.80. The molecule has 29 heavy (non-hydrogen) atoms. The third-order valence-electron chi connectivity index (χ3n) is 4.21. The van der Waals surface area contributed by atoms with Crippen LogP contribution in [0.3, 0.4) is 0 Å². The zero-order valence-corrected chi connectivity index (χ0v) is 16.0. The van der Waals surface area contributed by atoms with E-state index >= 15 is 0 Å². The summed E-state index contributed by atoms with van der Waals surface area (Å²) in [7, 11) is 1.45. The molecule has 0 bridgehead atoms. The van der Waals surface area contributed by atoms with E-state index in [1.54, 1.807) is 6.92 Å². The van der Waals surface area contributed by atoms with Crippen LogP contribution < -0.4 is 5.32 Å². The fourth-order valence-electron chi connectivity index (χ4n) is 2.80. The lowest BCUT2D eigenvalue weighted by Gasteiger charge is -2.13. The minimum atomic E-state index is -4.76. The summed E-state index contributed by atoms with van der Waals surface area (Å²) >= 11 is 0. The van der Waals surface area contributed by atoms with Crippen LogP contribution >= 0.6 is 0 Å². The fraction of sp³-hybridized carbons (Fsp3) is 0.368. The Morgan fingerprint density at radius 2 is 1.86 bits per heavy atom. The summed E-state index contributed by atoms with van der Waals surface area (Å²) in [6.45, 7) is 2.86. The van der Waals surface area contributed by atoms with Crippen LogP contribution in [0.2, 0.25) is 0 Å². The van der Waals surface area contributed by atoms with Gasteiger partial charge in [0, 0.05) is 19.3 Å². The maximum Gasteiger partial charge on any atom is 0.416 e. The Labute approximate surface area is 164 Å². The third kappa shape index (κ3) is 5.35. The zero-order valence-electron chi connectivity index (χ0n) is 16.0. The monoisotopic (exact) mass is 416 g/mol. The second-order valence-electron chi connectivity index (χ2n) is 6.24. The van der Waals surface area contributed by atoms with Crippen molar-refractivity contribution in [1.82, 2.24) is 10.3 Å². The molecule has 0 radical (unpaired) electrons. The minimum Gasteiger partial charge on any atom is -0.460 e. The summed E-state index contributed by atoms with van der Waals surface area (Å²) in [4.78, 5) is 27.4. The van der Waals surface area contributed by atoms with Crippen LogP contribution in [0, 0.1) is 19.7 Å². The van der Waals surface area contributed by atoms with E-state index in [-0.39, 0.29) is 30.0 Å². The Hall–Kier alpha value is -2.88. The Morgan fingerprint density at radius 3 is 2.48 bits per heavy atom. The van der Waals surface area contributed by atoms with Crippen molar-refractivity contribution in [3.05, 3.63) is 57.7 Å². The maximum absolute atomic E-state index is 13.2. The molecule has 1 aromatic heterocycles. The smallest absolute Gasteiger partial charge is 0.416 e. The average Bonchev–Trinajstić information content (AvgIpc) is 2.94. The summed E-state index contributed by atoms with van der Waals surface area (Å²) in [5.74, 6) is -2.39. The van der Waals surface area contributed by atoms with Crippen molar-refractivity contribution < 1.29 is 36.6 Å². The third-order valence-corrected chi connectivity index (χ3v) is 4.21. The van der Waals surface area contributed by atoms with Gasteiger partial charge >= 0.3 is 12.1 Å². The number of halogens is 4. The first-order chi connectivity index (χ1) is 13.6. The van der Waals surface area contributed by atoms with E-state index < -0.39 is 36.0 Å². The normalized spacial score (nSPS) is 11.4. The van der Waals surface area contributed by atoms with Crippen molar-refractivity contribution in [1.29, 1.82) is 0 Å². The highest BCUT2D eigenvalue weighted by atomic mass is 19.4. The predicted octanol–water partition coefficient (Wildman–Crippen LogP) is 3.52. The average molecular weight is 416 g/mol. The predicted molar refractivity (Wildman–Crippen MR) is 95.0 cm³/mol. The molecule has 158 valence electrons. The second-order valence-corrected chi connectivity index (χ2v) is 6.24. The SMILES string of the molecule is COCCOC(=O)c1c(C)[nH]c(C(=O)NCc2ccc(F)cc2C(F)(F)F)c1C. The number of rotatable bonds is 7. The molecular weight excluding hydrogens is 396 g/mol. The first kappa shape index (κ1) is 22.4. The van der Waals surface area contributed by atoms with Gasteiger partial charge in [-0.05, 0) is 37.1 Å². The molecule has 0 spiro atoms. The lowest BCUT2D eigenvalue weighted by molar-refractivity contribution is -0.138. The van der Waals surface area contributed by atoms with Gasteiger partial charge in [0.2, 0.25) is 0 Å². The Bertz CT molecular complexity index is 906. The largest absolute Gasteiger partial charge is 0.460 e. The highest BCUT2D eigenvalue weighted by Gasteiger charge is 2.34. The number of aromatic amines is 1. The van der Waals surface area contributed by atoms with E-state index in [1.807, 2.05) is 0 Å². The molecule has 2 rings (SSSR count).